The van der Waals surface area contributed by atoms with E-state index in [0.717, 1.165) is 17.6 Å². The Morgan fingerprint density at radius 1 is 1.44 bits per heavy atom. The zero-order valence-electron chi connectivity index (χ0n) is 9.03. The average molecular weight is 220 g/mol. The van der Waals surface area contributed by atoms with Crippen molar-refractivity contribution in [3.05, 3.63) is 40.7 Å². The van der Waals surface area contributed by atoms with Gasteiger partial charge in [0.15, 0.2) is 0 Å². The van der Waals surface area contributed by atoms with Crippen molar-refractivity contribution in [1.29, 1.82) is 0 Å². The summed E-state index contributed by atoms with van der Waals surface area (Å²) in [5.74, 6) is -1.66. The summed E-state index contributed by atoms with van der Waals surface area (Å²) in [7, 11) is 0. The van der Waals surface area contributed by atoms with Crippen LogP contribution in [0.1, 0.15) is 24.5 Å². The summed E-state index contributed by atoms with van der Waals surface area (Å²) in [4.78, 5) is 10.9. The fourth-order valence-electron chi connectivity index (χ4n) is 2.00. The number of hydrogen-bond donors (Lipinski definition) is 1. The average Bonchev–Trinajstić information content (AvgIpc) is 2.28. The molecule has 1 N–H and O–H groups in total. The van der Waals surface area contributed by atoms with Gasteiger partial charge in [-0.3, -0.25) is 4.79 Å². The number of aliphatic carboxylic acids is 1. The summed E-state index contributed by atoms with van der Waals surface area (Å²) < 4.78 is 13.5. The van der Waals surface area contributed by atoms with Gasteiger partial charge in [-0.1, -0.05) is 23.8 Å². The minimum Gasteiger partial charge on any atom is -0.481 e. The van der Waals surface area contributed by atoms with Crippen molar-refractivity contribution in [2.24, 2.45) is 5.92 Å². The number of fused-ring (bicyclic) bond motifs is 1. The molecule has 0 bridgehead atoms. The zero-order chi connectivity index (χ0) is 11.7. The monoisotopic (exact) mass is 220 g/mol. The number of halogens is 1. The van der Waals surface area contributed by atoms with E-state index in [-0.39, 0.29) is 5.82 Å². The van der Waals surface area contributed by atoms with E-state index < -0.39 is 11.9 Å². The first kappa shape index (κ1) is 10.9. The highest BCUT2D eigenvalue weighted by molar-refractivity contribution is 5.76. The molecule has 0 heterocycles. The smallest absolute Gasteiger partial charge is 0.310 e. The number of benzene rings is 1. The molecule has 2 rings (SSSR count). The van der Waals surface area contributed by atoms with E-state index in [1.54, 1.807) is 19.1 Å². The van der Waals surface area contributed by atoms with Crippen LogP contribution in [0.5, 0.6) is 0 Å². The molecule has 1 aliphatic rings. The van der Waals surface area contributed by atoms with Crippen molar-refractivity contribution < 1.29 is 14.3 Å². The topological polar surface area (TPSA) is 37.3 Å². The minimum absolute atomic E-state index is 0.271. The van der Waals surface area contributed by atoms with Crippen molar-refractivity contribution >= 4 is 12.0 Å². The lowest BCUT2D eigenvalue weighted by atomic mass is 9.86. The Bertz CT molecular complexity index is 463. The van der Waals surface area contributed by atoms with Gasteiger partial charge < -0.3 is 5.11 Å². The third-order valence-electron chi connectivity index (χ3n) is 3.08. The zero-order valence-corrected chi connectivity index (χ0v) is 9.03. The molecule has 2 nitrogen and oxygen atoms in total. The second-order valence-corrected chi connectivity index (χ2v) is 4.09. The molecule has 1 aromatic rings. The molecule has 0 saturated heterocycles. The van der Waals surface area contributed by atoms with Gasteiger partial charge in [0.1, 0.15) is 5.82 Å². The normalized spacial score (nSPS) is 16.2. The standard InChI is InChI=1S/C13H13FO2/c1-8(13(15)16)10-6-5-9-3-2-4-12(14)11(9)7-10/h2-4,7-8H,5-6H2,1H3,(H,15,16). The van der Waals surface area contributed by atoms with Crippen LogP contribution in [0, 0.1) is 11.7 Å². The third-order valence-corrected chi connectivity index (χ3v) is 3.08. The number of carbonyl (C=O) groups is 1. The third kappa shape index (κ3) is 1.85. The molecule has 84 valence electrons. The molecule has 3 heteroatoms. The number of hydrogen-bond acceptors (Lipinski definition) is 1. The molecule has 0 spiro atoms. The van der Waals surface area contributed by atoms with E-state index in [4.69, 9.17) is 5.11 Å². The number of carboxylic acids is 1. The molecular formula is C13H13FO2. The Morgan fingerprint density at radius 3 is 2.88 bits per heavy atom. The Balaban J connectivity index is 2.41. The Hall–Kier alpha value is -1.64. The lowest BCUT2D eigenvalue weighted by Gasteiger charge is -2.19. The van der Waals surface area contributed by atoms with E-state index in [1.807, 2.05) is 6.07 Å². The molecule has 0 saturated carbocycles. The summed E-state index contributed by atoms with van der Waals surface area (Å²) >= 11 is 0. The van der Waals surface area contributed by atoms with Crippen molar-refractivity contribution in [2.45, 2.75) is 19.8 Å². The van der Waals surface area contributed by atoms with E-state index in [9.17, 15) is 9.18 Å². The summed E-state index contributed by atoms with van der Waals surface area (Å²) in [6.07, 6.45) is 3.10. The quantitative estimate of drug-likeness (QED) is 0.832. The summed E-state index contributed by atoms with van der Waals surface area (Å²) in [5, 5.41) is 8.92. The SMILES string of the molecule is CC(C(=O)O)C1=Cc2c(F)cccc2CC1. The van der Waals surface area contributed by atoms with E-state index in [2.05, 4.69) is 0 Å². The van der Waals surface area contributed by atoms with Gasteiger partial charge in [-0.15, -0.1) is 0 Å². The van der Waals surface area contributed by atoms with Crippen LogP contribution in [0.15, 0.2) is 23.8 Å². The lowest BCUT2D eigenvalue weighted by Crippen LogP contribution is -2.15. The molecule has 0 aromatic heterocycles. The van der Waals surface area contributed by atoms with Gasteiger partial charge in [0.25, 0.3) is 0 Å². The Morgan fingerprint density at radius 2 is 2.19 bits per heavy atom. The van der Waals surface area contributed by atoms with E-state index >= 15 is 0 Å². The van der Waals surface area contributed by atoms with Crippen molar-refractivity contribution in [2.75, 3.05) is 0 Å². The molecule has 1 aromatic carbocycles. The van der Waals surface area contributed by atoms with E-state index in [0.29, 0.717) is 12.0 Å². The molecule has 0 amide bonds. The first-order valence-corrected chi connectivity index (χ1v) is 5.30. The fourth-order valence-corrected chi connectivity index (χ4v) is 2.00. The predicted molar refractivity (Wildman–Crippen MR) is 59.5 cm³/mol. The highest BCUT2D eigenvalue weighted by Gasteiger charge is 2.21. The second kappa shape index (κ2) is 4.08. The summed E-state index contributed by atoms with van der Waals surface area (Å²) in [6.45, 7) is 1.64. The fraction of sp³-hybridized carbons (Fsp3) is 0.308. The first-order valence-electron chi connectivity index (χ1n) is 5.30. The van der Waals surface area contributed by atoms with Crippen LogP contribution < -0.4 is 0 Å². The number of carboxylic acid groups (broad SMARTS) is 1. The Kier molecular flexibility index (Phi) is 2.77. The minimum atomic E-state index is -0.856. The van der Waals surface area contributed by atoms with Crippen LogP contribution in [0.3, 0.4) is 0 Å². The van der Waals surface area contributed by atoms with Crippen molar-refractivity contribution in [3.8, 4) is 0 Å². The summed E-state index contributed by atoms with van der Waals surface area (Å²) in [6, 6.07) is 4.98. The number of aryl methyl sites for hydroxylation is 1. The number of rotatable bonds is 2. The van der Waals surface area contributed by atoms with Gasteiger partial charge in [-0.25, -0.2) is 4.39 Å². The van der Waals surface area contributed by atoms with Gasteiger partial charge in [-0.2, -0.15) is 0 Å². The van der Waals surface area contributed by atoms with Crippen LogP contribution in [0.2, 0.25) is 0 Å². The molecule has 0 radical (unpaired) electrons. The molecular weight excluding hydrogens is 207 g/mol. The maximum absolute atomic E-state index is 13.5. The van der Waals surface area contributed by atoms with Gasteiger partial charge in [0.05, 0.1) is 5.92 Å². The molecule has 16 heavy (non-hydrogen) atoms. The molecule has 1 aliphatic carbocycles. The van der Waals surface area contributed by atoms with E-state index in [1.165, 1.54) is 6.07 Å². The largest absolute Gasteiger partial charge is 0.481 e. The maximum Gasteiger partial charge on any atom is 0.310 e. The Labute approximate surface area is 93.4 Å². The van der Waals surface area contributed by atoms with Crippen LogP contribution in [0.4, 0.5) is 4.39 Å². The highest BCUT2D eigenvalue weighted by Crippen LogP contribution is 2.29. The van der Waals surface area contributed by atoms with Gasteiger partial charge in [0, 0.05) is 5.56 Å². The molecule has 1 unspecified atom stereocenters. The van der Waals surface area contributed by atoms with Crippen LogP contribution in [0.25, 0.3) is 6.08 Å². The molecule has 0 aliphatic heterocycles. The van der Waals surface area contributed by atoms with Gasteiger partial charge in [0.2, 0.25) is 0 Å². The lowest BCUT2D eigenvalue weighted by molar-refractivity contribution is -0.139. The predicted octanol–water partition coefficient (Wildman–Crippen LogP) is 2.88. The molecule has 0 fully saturated rings. The van der Waals surface area contributed by atoms with Crippen LogP contribution in [-0.4, -0.2) is 11.1 Å². The maximum atomic E-state index is 13.5. The highest BCUT2D eigenvalue weighted by atomic mass is 19.1. The molecule has 1 atom stereocenters. The van der Waals surface area contributed by atoms with Crippen molar-refractivity contribution in [3.63, 3.8) is 0 Å². The van der Waals surface area contributed by atoms with Gasteiger partial charge in [-0.05, 0) is 31.4 Å². The second-order valence-electron chi connectivity index (χ2n) is 4.09. The van der Waals surface area contributed by atoms with Crippen LogP contribution >= 0.6 is 0 Å². The van der Waals surface area contributed by atoms with Gasteiger partial charge >= 0.3 is 5.97 Å². The summed E-state index contributed by atoms with van der Waals surface area (Å²) in [5.41, 5.74) is 2.31. The van der Waals surface area contributed by atoms with Crippen molar-refractivity contribution in [1.82, 2.24) is 0 Å². The van der Waals surface area contributed by atoms with Crippen LogP contribution in [-0.2, 0) is 11.2 Å². The first-order chi connectivity index (χ1) is 7.59.